The number of nitrogens with one attached hydrogen (secondary N) is 1. The van der Waals surface area contributed by atoms with Crippen LogP contribution in [0.3, 0.4) is 0 Å². The molecule has 1 fully saturated rings. The molecule has 1 aromatic rings. The number of hydrogen-bond acceptors (Lipinski definition) is 5. The highest BCUT2D eigenvalue weighted by Crippen LogP contribution is 2.28. The minimum atomic E-state index is -0.179. The lowest BCUT2D eigenvalue weighted by Crippen LogP contribution is -2.51. The number of nitrogens with zero attached hydrogens (tertiary/aromatic N) is 2. The maximum atomic E-state index is 11.9. The highest BCUT2D eigenvalue weighted by Gasteiger charge is 2.33. The van der Waals surface area contributed by atoms with Gasteiger partial charge in [-0.25, -0.2) is 0 Å². The molecule has 0 unspecified atom stereocenters. The fraction of sp³-hybridized carbons (Fsp3) is 0.750. The first-order valence-electron chi connectivity index (χ1n) is 6.44. The van der Waals surface area contributed by atoms with Crippen molar-refractivity contribution in [1.29, 1.82) is 0 Å². The highest BCUT2D eigenvalue weighted by molar-refractivity contribution is 5.85. The molecule has 6 nitrogen and oxygen atoms in total. The molecule has 0 spiro atoms. The van der Waals surface area contributed by atoms with Crippen LogP contribution in [0.15, 0.2) is 4.52 Å². The zero-order valence-electron chi connectivity index (χ0n) is 11.1. The maximum absolute atomic E-state index is 11.9. The molecule has 108 valence electrons. The molecule has 19 heavy (non-hydrogen) atoms. The van der Waals surface area contributed by atoms with Crippen molar-refractivity contribution in [3.05, 3.63) is 11.7 Å². The molecule has 1 saturated carbocycles. The van der Waals surface area contributed by atoms with Gasteiger partial charge in [-0.15, -0.1) is 12.4 Å². The van der Waals surface area contributed by atoms with Crippen molar-refractivity contribution in [2.75, 3.05) is 6.54 Å². The molecular weight excluding hydrogens is 268 g/mol. The van der Waals surface area contributed by atoms with E-state index in [1.165, 1.54) is 0 Å². The summed E-state index contributed by atoms with van der Waals surface area (Å²) in [6.07, 6.45) is 5.08. The lowest BCUT2D eigenvalue weighted by atomic mass is 9.97. The molecular formula is C12H21ClN4O2. The van der Waals surface area contributed by atoms with Gasteiger partial charge in [0.05, 0.1) is 5.54 Å². The zero-order valence-corrected chi connectivity index (χ0v) is 12.0. The Morgan fingerprint density at radius 1 is 1.47 bits per heavy atom. The lowest BCUT2D eigenvalue weighted by Gasteiger charge is -2.28. The summed E-state index contributed by atoms with van der Waals surface area (Å²) in [6, 6.07) is 0. The molecule has 1 heterocycles. The molecule has 1 aliphatic carbocycles. The third-order valence-electron chi connectivity index (χ3n) is 3.49. The Balaban J connectivity index is 0.00000180. The Hall–Kier alpha value is -1.14. The van der Waals surface area contributed by atoms with Crippen LogP contribution in [0, 0.1) is 6.92 Å². The van der Waals surface area contributed by atoms with Crippen molar-refractivity contribution in [3.63, 3.8) is 0 Å². The summed E-state index contributed by atoms with van der Waals surface area (Å²) >= 11 is 0. The molecule has 1 aromatic heterocycles. The number of nitrogens with two attached hydrogens (primary N) is 1. The predicted molar refractivity (Wildman–Crippen MR) is 73.0 cm³/mol. The minimum Gasteiger partial charge on any atom is -0.349 e. The molecule has 1 aliphatic rings. The highest BCUT2D eigenvalue weighted by atomic mass is 35.5. The number of carbonyl (C=O) groups excluding carboxylic acids is 1. The standard InChI is InChI=1S/C12H20N4O2.ClH/c1-9-14-11(18-16-9)5-4-10(17)15-12(8-13)6-2-3-7-12;/h2-8,13H2,1H3,(H,15,17);1H. The number of halogens is 1. The van der Waals surface area contributed by atoms with Crippen LogP contribution < -0.4 is 11.1 Å². The smallest absolute Gasteiger partial charge is 0.227 e. The molecule has 0 aliphatic heterocycles. The van der Waals surface area contributed by atoms with Crippen molar-refractivity contribution >= 4 is 18.3 Å². The van der Waals surface area contributed by atoms with Crippen LogP contribution in [0.25, 0.3) is 0 Å². The lowest BCUT2D eigenvalue weighted by molar-refractivity contribution is -0.123. The van der Waals surface area contributed by atoms with Gasteiger partial charge in [0.1, 0.15) is 0 Å². The van der Waals surface area contributed by atoms with E-state index in [1.807, 2.05) is 0 Å². The second-order valence-electron chi connectivity index (χ2n) is 4.98. The van der Waals surface area contributed by atoms with Crippen molar-refractivity contribution < 1.29 is 9.32 Å². The summed E-state index contributed by atoms with van der Waals surface area (Å²) in [4.78, 5) is 16.0. The van der Waals surface area contributed by atoms with Gasteiger partial charge in [0.2, 0.25) is 11.8 Å². The van der Waals surface area contributed by atoms with Crippen molar-refractivity contribution in [3.8, 4) is 0 Å². The Kier molecular flexibility index (Phi) is 5.75. The Bertz CT molecular complexity index is 416. The molecule has 0 radical (unpaired) electrons. The van der Waals surface area contributed by atoms with Gasteiger partial charge >= 0.3 is 0 Å². The molecule has 1 amide bonds. The van der Waals surface area contributed by atoms with Gasteiger partial charge < -0.3 is 15.6 Å². The van der Waals surface area contributed by atoms with Crippen molar-refractivity contribution in [1.82, 2.24) is 15.5 Å². The van der Waals surface area contributed by atoms with Gasteiger partial charge in [-0.1, -0.05) is 18.0 Å². The summed E-state index contributed by atoms with van der Waals surface area (Å²) in [7, 11) is 0. The molecule has 0 aromatic carbocycles. The summed E-state index contributed by atoms with van der Waals surface area (Å²) in [6.45, 7) is 2.27. The van der Waals surface area contributed by atoms with Crippen LogP contribution >= 0.6 is 12.4 Å². The molecule has 0 atom stereocenters. The molecule has 3 N–H and O–H groups in total. The van der Waals surface area contributed by atoms with Crippen LogP contribution in [-0.2, 0) is 11.2 Å². The van der Waals surface area contributed by atoms with Crippen LogP contribution in [0.4, 0.5) is 0 Å². The molecule has 2 rings (SSSR count). The predicted octanol–water partition coefficient (Wildman–Crippen LogP) is 1.12. The van der Waals surface area contributed by atoms with Gasteiger partial charge in [-0.05, 0) is 19.8 Å². The number of amides is 1. The van der Waals surface area contributed by atoms with Crippen molar-refractivity contribution in [2.24, 2.45) is 5.73 Å². The van der Waals surface area contributed by atoms with Gasteiger partial charge in [0, 0.05) is 19.4 Å². The first-order chi connectivity index (χ1) is 8.63. The van der Waals surface area contributed by atoms with E-state index in [4.69, 9.17) is 10.3 Å². The first kappa shape index (κ1) is 15.9. The van der Waals surface area contributed by atoms with Gasteiger partial charge in [-0.2, -0.15) is 4.98 Å². The van der Waals surface area contributed by atoms with E-state index < -0.39 is 0 Å². The first-order valence-corrected chi connectivity index (χ1v) is 6.44. The van der Waals surface area contributed by atoms with Crippen LogP contribution in [-0.4, -0.2) is 28.1 Å². The van der Waals surface area contributed by atoms with E-state index in [0.29, 0.717) is 31.1 Å². The normalized spacial score (nSPS) is 16.9. The van der Waals surface area contributed by atoms with E-state index in [9.17, 15) is 4.79 Å². The number of aromatic nitrogens is 2. The average Bonchev–Trinajstić information content (AvgIpc) is 2.97. The van der Waals surface area contributed by atoms with Gasteiger partial charge in [0.15, 0.2) is 5.82 Å². The third kappa shape index (κ3) is 4.18. The number of aryl methyl sites for hydroxylation is 2. The van der Waals surface area contributed by atoms with Gasteiger partial charge in [-0.3, -0.25) is 4.79 Å². The fourth-order valence-electron chi connectivity index (χ4n) is 2.45. The Labute approximate surface area is 118 Å². The minimum absolute atomic E-state index is 0. The molecule has 0 saturated heterocycles. The van der Waals surface area contributed by atoms with E-state index in [2.05, 4.69) is 15.5 Å². The summed E-state index contributed by atoms with van der Waals surface area (Å²) in [5, 5.41) is 6.76. The topological polar surface area (TPSA) is 94.0 Å². The largest absolute Gasteiger partial charge is 0.349 e. The summed E-state index contributed by atoms with van der Waals surface area (Å²) in [5.41, 5.74) is 5.59. The Morgan fingerprint density at radius 2 is 2.16 bits per heavy atom. The van der Waals surface area contributed by atoms with Crippen LogP contribution in [0.2, 0.25) is 0 Å². The second kappa shape index (κ2) is 6.86. The summed E-state index contributed by atoms with van der Waals surface area (Å²) in [5.74, 6) is 1.12. The monoisotopic (exact) mass is 288 g/mol. The maximum Gasteiger partial charge on any atom is 0.227 e. The quantitative estimate of drug-likeness (QED) is 0.847. The van der Waals surface area contributed by atoms with Crippen LogP contribution in [0.1, 0.15) is 43.8 Å². The summed E-state index contributed by atoms with van der Waals surface area (Å²) < 4.78 is 4.97. The Morgan fingerprint density at radius 3 is 2.68 bits per heavy atom. The third-order valence-corrected chi connectivity index (χ3v) is 3.49. The number of hydrogen-bond donors (Lipinski definition) is 2. The number of rotatable bonds is 5. The fourth-order valence-corrected chi connectivity index (χ4v) is 2.45. The zero-order chi connectivity index (χ0) is 13.0. The second-order valence-corrected chi connectivity index (χ2v) is 4.98. The SMILES string of the molecule is Cc1noc(CCC(=O)NC2(CN)CCCC2)n1.Cl. The average molecular weight is 289 g/mol. The van der Waals surface area contributed by atoms with E-state index in [0.717, 1.165) is 25.7 Å². The van der Waals surface area contributed by atoms with Crippen LogP contribution in [0.5, 0.6) is 0 Å². The van der Waals surface area contributed by atoms with E-state index in [1.54, 1.807) is 6.92 Å². The van der Waals surface area contributed by atoms with E-state index >= 15 is 0 Å². The van der Waals surface area contributed by atoms with E-state index in [-0.39, 0.29) is 23.9 Å². The van der Waals surface area contributed by atoms with Gasteiger partial charge in [0.25, 0.3) is 0 Å². The van der Waals surface area contributed by atoms with Crippen molar-refractivity contribution in [2.45, 2.75) is 51.0 Å². The molecule has 0 bridgehead atoms. The molecule has 7 heteroatoms. The number of carbonyl (C=O) groups is 1.